The molecule has 0 spiro atoms. The van der Waals surface area contributed by atoms with Crippen LogP contribution >= 0.6 is 11.8 Å². The maximum absolute atomic E-state index is 13.1. The van der Waals surface area contributed by atoms with Crippen molar-refractivity contribution in [2.24, 2.45) is 0 Å². The van der Waals surface area contributed by atoms with Crippen LogP contribution in [0, 0.1) is 6.92 Å². The fourth-order valence-electron chi connectivity index (χ4n) is 3.91. The lowest BCUT2D eigenvalue weighted by atomic mass is 10.1. The van der Waals surface area contributed by atoms with Crippen molar-refractivity contribution in [3.05, 3.63) is 87.8 Å². The number of ether oxygens (including phenoxy) is 2. The topological polar surface area (TPSA) is 67.9 Å². The third-order valence-corrected chi connectivity index (χ3v) is 7.00. The fourth-order valence-corrected chi connectivity index (χ4v) is 5.00. The monoisotopic (exact) mass is 502 g/mol. The fraction of sp³-hybridized carbons (Fsp3) is 0.241. The molecule has 186 valence electrons. The van der Waals surface area contributed by atoms with E-state index in [2.05, 4.69) is 36.5 Å². The maximum Gasteiger partial charge on any atom is 0.264 e. The summed E-state index contributed by atoms with van der Waals surface area (Å²) < 4.78 is 11.0. The van der Waals surface area contributed by atoms with Gasteiger partial charge < -0.3 is 19.7 Å². The summed E-state index contributed by atoms with van der Waals surface area (Å²) in [7, 11) is 3.32. The molecular weight excluding hydrogens is 472 g/mol. The lowest BCUT2D eigenvalue weighted by Gasteiger charge is -2.27. The normalized spacial score (nSPS) is 13.9. The van der Waals surface area contributed by atoms with E-state index in [0.29, 0.717) is 35.1 Å². The number of hydrogen-bond donors (Lipinski definition) is 1. The minimum Gasteiger partial charge on any atom is -0.493 e. The zero-order valence-electron chi connectivity index (χ0n) is 21.0. The van der Waals surface area contributed by atoms with Gasteiger partial charge >= 0.3 is 0 Å². The molecule has 36 heavy (non-hydrogen) atoms. The third-order valence-electron chi connectivity index (χ3n) is 5.92. The predicted molar refractivity (Wildman–Crippen MR) is 145 cm³/mol. The molecule has 6 nitrogen and oxygen atoms in total. The van der Waals surface area contributed by atoms with Crippen molar-refractivity contribution in [3.8, 4) is 11.5 Å². The SMILES string of the molecule is CCOc1ccc(/C=C2/Sc3ccc(C(=O)NCCc4ccc(C)cc4)cc3N(C)C2=O)cc1OC. The van der Waals surface area contributed by atoms with Crippen molar-refractivity contribution in [3.63, 3.8) is 0 Å². The van der Waals surface area contributed by atoms with Crippen LogP contribution in [-0.4, -0.2) is 39.1 Å². The number of benzene rings is 3. The van der Waals surface area contributed by atoms with Crippen molar-refractivity contribution >= 4 is 35.3 Å². The second kappa shape index (κ2) is 11.4. The van der Waals surface area contributed by atoms with Gasteiger partial charge in [0.2, 0.25) is 0 Å². The van der Waals surface area contributed by atoms with Crippen LogP contribution in [0.2, 0.25) is 0 Å². The van der Waals surface area contributed by atoms with E-state index < -0.39 is 0 Å². The van der Waals surface area contributed by atoms with Crippen LogP contribution in [0.15, 0.2) is 70.5 Å². The molecule has 0 atom stereocenters. The van der Waals surface area contributed by atoms with E-state index in [1.807, 2.05) is 37.3 Å². The quantitative estimate of drug-likeness (QED) is 0.413. The third kappa shape index (κ3) is 5.74. The molecule has 3 aromatic carbocycles. The number of carbonyl (C=O) groups excluding carboxylic acids is 2. The first kappa shape index (κ1) is 25.4. The van der Waals surface area contributed by atoms with Gasteiger partial charge in [-0.05, 0) is 67.8 Å². The number of amides is 2. The number of thioether (sulfide) groups is 1. The van der Waals surface area contributed by atoms with Gasteiger partial charge in [-0.25, -0.2) is 0 Å². The average Bonchev–Trinajstić information content (AvgIpc) is 2.89. The first-order valence-corrected chi connectivity index (χ1v) is 12.7. The van der Waals surface area contributed by atoms with E-state index in [-0.39, 0.29) is 11.8 Å². The Hall–Kier alpha value is -3.71. The largest absolute Gasteiger partial charge is 0.493 e. The van der Waals surface area contributed by atoms with Crippen LogP contribution in [0.4, 0.5) is 5.69 Å². The highest BCUT2D eigenvalue weighted by atomic mass is 32.2. The molecule has 0 aliphatic carbocycles. The molecule has 4 rings (SSSR count). The van der Waals surface area contributed by atoms with Gasteiger partial charge in [0.05, 0.1) is 24.3 Å². The van der Waals surface area contributed by atoms with E-state index in [1.54, 1.807) is 31.2 Å². The molecule has 0 unspecified atom stereocenters. The summed E-state index contributed by atoms with van der Waals surface area (Å²) in [5.41, 5.74) is 4.48. The Morgan fingerprint density at radius 1 is 1.06 bits per heavy atom. The Labute approximate surface area is 216 Å². The van der Waals surface area contributed by atoms with Crippen molar-refractivity contribution in [2.45, 2.75) is 25.2 Å². The van der Waals surface area contributed by atoms with Gasteiger partial charge in [-0.15, -0.1) is 0 Å². The van der Waals surface area contributed by atoms with Gasteiger partial charge in [-0.1, -0.05) is 47.7 Å². The minimum atomic E-state index is -0.154. The molecule has 0 saturated carbocycles. The maximum atomic E-state index is 13.1. The van der Waals surface area contributed by atoms with E-state index >= 15 is 0 Å². The van der Waals surface area contributed by atoms with E-state index in [4.69, 9.17) is 9.47 Å². The molecule has 0 saturated heterocycles. The predicted octanol–water partition coefficient (Wildman–Crippen LogP) is 5.48. The zero-order chi connectivity index (χ0) is 25.7. The van der Waals surface area contributed by atoms with Crippen LogP contribution in [0.5, 0.6) is 11.5 Å². The van der Waals surface area contributed by atoms with Crippen LogP contribution in [0.25, 0.3) is 6.08 Å². The second-order valence-corrected chi connectivity index (χ2v) is 9.58. The Bertz CT molecular complexity index is 1300. The van der Waals surface area contributed by atoms with Crippen molar-refractivity contribution in [1.29, 1.82) is 0 Å². The van der Waals surface area contributed by atoms with Crippen LogP contribution < -0.4 is 19.7 Å². The summed E-state index contributed by atoms with van der Waals surface area (Å²) in [6.45, 7) is 5.05. The summed E-state index contributed by atoms with van der Waals surface area (Å²) in [6.07, 6.45) is 2.60. The summed E-state index contributed by atoms with van der Waals surface area (Å²) in [5, 5.41) is 2.98. The van der Waals surface area contributed by atoms with Gasteiger partial charge in [0.15, 0.2) is 11.5 Å². The number of nitrogens with zero attached hydrogens (tertiary/aromatic N) is 1. The smallest absolute Gasteiger partial charge is 0.264 e. The first-order chi connectivity index (χ1) is 17.4. The van der Waals surface area contributed by atoms with Gasteiger partial charge in [-0.3, -0.25) is 9.59 Å². The molecule has 3 aromatic rings. The summed E-state index contributed by atoms with van der Waals surface area (Å²) in [4.78, 5) is 29.0. The molecule has 0 radical (unpaired) electrons. The Morgan fingerprint density at radius 3 is 2.56 bits per heavy atom. The Balaban J connectivity index is 1.47. The molecule has 2 amide bonds. The Morgan fingerprint density at radius 2 is 1.83 bits per heavy atom. The highest BCUT2D eigenvalue weighted by Gasteiger charge is 2.27. The van der Waals surface area contributed by atoms with Crippen LogP contribution in [-0.2, 0) is 11.2 Å². The summed E-state index contributed by atoms with van der Waals surface area (Å²) in [5.74, 6) is 0.999. The molecule has 1 aliphatic rings. The second-order valence-electron chi connectivity index (χ2n) is 8.49. The first-order valence-electron chi connectivity index (χ1n) is 11.9. The number of fused-ring (bicyclic) bond motifs is 1. The molecule has 0 bridgehead atoms. The lowest BCUT2D eigenvalue weighted by molar-refractivity contribution is -0.114. The zero-order valence-corrected chi connectivity index (χ0v) is 21.8. The molecule has 0 fully saturated rings. The van der Waals surface area contributed by atoms with Gasteiger partial charge in [0, 0.05) is 24.1 Å². The number of carbonyl (C=O) groups is 2. The van der Waals surface area contributed by atoms with E-state index in [1.165, 1.54) is 22.9 Å². The van der Waals surface area contributed by atoms with Gasteiger partial charge in [0.1, 0.15) is 0 Å². The van der Waals surface area contributed by atoms with Crippen LogP contribution in [0.3, 0.4) is 0 Å². The number of nitrogens with one attached hydrogen (secondary N) is 1. The van der Waals surface area contributed by atoms with E-state index in [0.717, 1.165) is 22.6 Å². The van der Waals surface area contributed by atoms with Gasteiger partial charge in [-0.2, -0.15) is 0 Å². The lowest BCUT2D eigenvalue weighted by Crippen LogP contribution is -2.31. The molecule has 1 aliphatic heterocycles. The highest BCUT2D eigenvalue weighted by molar-refractivity contribution is 8.04. The number of hydrogen-bond acceptors (Lipinski definition) is 5. The molecule has 1 heterocycles. The van der Waals surface area contributed by atoms with Crippen molar-refractivity contribution < 1.29 is 19.1 Å². The molecular formula is C29H30N2O4S. The Kier molecular flexibility index (Phi) is 8.00. The highest BCUT2D eigenvalue weighted by Crippen LogP contribution is 2.42. The number of anilines is 1. The van der Waals surface area contributed by atoms with E-state index in [9.17, 15) is 9.59 Å². The van der Waals surface area contributed by atoms with Crippen molar-refractivity contribution in [2.75, 3.05) is 32.2 Å². The van der Waals surface area contributed by atoms with Crippen LogP contribution in [0.1, 0.15) is 34.0 Å². The molecule has 1 N–H and O–H groups in total. The number of methoxy groups -OCH3 is 1. The average molecular weight is 503 g/mol. The number of rotatable bonds is 8. The summed E-state index contributed by atoms with van der Waals surface area (Å²) >= 11 is 1.39. The summed E-state index contributed by atoms with van der Waals surface area (Å²) in [6, 6.07) is 19.4. The number of likely N-dealkylation sites (N-methyl/N-ethyl adjacent to an activating group) is 1. The van der Waals surface area contributed by atoms with Gasteiger partial charge in [0.25, 0.3) is 11.8 Å². The van der Waals surface area contributed by atoms with Crippen molar-refractivity contribution in [1.82, 2.24) is 5.32 Å². The number of aryl methyl sites for hydroxylation is 1. The standard InChI is InChI=1S/C29H30N2O4S/c1-5-35-24-12-10-21(16-25(24)34-4)17-27-29(33)31(3)23-18-22(11-13-26(23)36-27)28(32)30-15-14-20-8-6-19(2)7-9-20/h6-13,16-18H,5,14-15H2,1-4H3,(H,30,32)/b27-17+. The molecule has 0 aromatic heterocycles. The molecule has 7 heteroatoms. The minimum absolute atomic E-state index is 0.128.